The highest BCUT2D eigenvalue weighted by Gasteiger charge is 2.27. The lowest BCUT2D eigenvalue weighted by Gasteiger charge is -2.29. The maximum absolute atomic E-state index is 13.0. The van der Waals surface area contributed by atoms with Gasteiger partial charge in [0.15, 0.2) is 5.16 Å². The summed E-state index contributed by atoms with van der Waals surface area (Å²) >= 11 is 1.22. The molecule has 154 valence electrons. The molecular weight excluding hydrogens is 400 g/mol. The van der Waals surface area contributed by atoms with Gasteiger partial charge in [-0.05, 0) is 30.2 Å². The van der Waals surface area contributed by atoms with Crippen LogP contribution < -0.4 is 15.8 Å². The van der Waals surface area contributed by atoms with Crippen LogP contribution in [0.15, 0.2) is 58.5 Å². The van der Waals surface area contributed by atoms with Gasteiger partial charge in [-0.1, -0.05) is 49.9 Å². The third-order valence-corrected chi connectivity index (χ3v) is 5.73. The predicted molar refractivity (Wildman–Crippen MR) is 119 cm³/mol. The van der Waals surface area contributed by atoms with Crippen LogP contribution in [-0.2, 0) is 16.1 Å². The van der Waals surface area contributed by atoms with Crippen LogP contribution >= 0.6 is 11.8 Å². The highest BCUT2D eigenvalue weighted by Crippen LogP contribution is 2.30. The molecule has 0 radical (unpaired) electrons. The van der Waals surface area contributed by atoms with E-state index in [1.165, 1.54) is 16.7 Å². The number of carbonyl (C=O) groups excluding carboxylic acids is 2. The van der Waals surface area contributed by atoms with Crippen molar-refractivity contribution in [2.45, 2.75) is 25.5 Å². The van der Waals surface area contributed by atoms with Gasteiger partial charge >= 0.3 is 0 Å². The molecule has 2 heterocycles. The summed E-state index contributed by atoms with van der Waals surface area (Å²) in [6.07, 6.45) is 0. The van der Waals surface area contributed by atoms with Gasteiger partial charge in [0.2, 0.25) is 11.8 Å². The molecule has 0 spiro atoms. The molecule has 0 saturated heterocycles. The Morgan fingerprint density at radius 3 is 2.67 bits per heavy atom. The van der Waals surface area contributed by atoms with Gasteiger partial charge in [-0.3, -0.25) is 19.0 Å². The van der Waals surface area contributed by atoms with Gasteiger partial charge in [0.05, 0.1) is 28.0 Å². The first-order valence-corrected chi connectivity index (χ1v) is 10.7. The number of nitrogens with zero attached hydrogens (tertiary/aromatic N) is 3. The average Bonchev–Trinajstić information content (AvgIpc) is 2.73. The van der Waals surface area contributed by atoms with E-state index >= 15 is 0 Å². The molecule has 30 heavy (non-hydrogen) atoms. The molecule has 8 heteroatoms. The monoisotopic (exact) mass is 422 g/mol. The number of fused-ring (bicyclic) bond motifs is 2. The smallest absolute Gasteiger partial charge is 0.262 e. The highest BCUT2D eigenvalue weighted by atomic mass is 32.2. The van der Waals surface area contributed by atoms with E-state index < -0.39 is 0 Å². The van der Waals surface area contributed by atoms with Gasteiger partial charge in [0.25, 0.3) is 5.56 Å². The summed E-state index contributed by atoms with van der Waals surface area (Å²) in [5, 5.41) is 3.85. The van der Waals surface area contributed by atoms with Crippen LogP contribution in [0, 0.1) is 5.92 Å². The fourth-order valence-electron chi connectivity index (χ4n) is 3.44. The summed E-state index contributed by atoms with van der Waals surface area (Å²) in [5.74, 6) is -0.114. The first kappa shape index (κ1) is 20.2. The number of para-hydroxylation sites is 3. The minimum atomic E-state index is -0.229. The Morgan fingerprint density at radius 2 is 1.87 bits per heavy atom. The van der Waals surface area contributed by atoms with Crippen molar-refractivity contribution in [2.24, 2.45) is 5.92 Å². The third-order valence-electron chi connectivity index (χ3n) is 4.77. The van der Waals surface area contributed by atoms with Crippen LogP contribution in [0.3, 0.4) is 0 Å². The maximum Gasteiger partial charge on any atom is 0.262 e. The predicted octanol–water partition coefficient (Wildman–Crippen LogP) is 3.13. The van der Waals surface area contributed by atoms with Crippen molar-refractivity contribution in [3.05, 3.63) is 58.9 Å². The Labute approximate surface area is 178 Å². The molecule has 0 aliphatic carbocycles. The van der Waals surface area contributed by atoms with E-state index in [0.717, 1.165) is 0 Å². The zero-order valence-electron chi connectivity index (χ0n) is 16.8. The SMILES string of the molecule is CC(C)Cn1c(SCC(=O)N2CC(=O)Nc3ccccc32)nc2ccccc2c1=O. The van der Waals surface area contributed by atoms with Gasteiger partial charge in [-0.2, -0.15) is 0 Å². The van der Waals surface area contributed by atoms with E-state index in [-0.39, 0.29) is 35.6 Å². The van der Waals surface area contributed by atoms with E-state index in [1.807, 2.05) is 38.1 Å². The summed E-state index contributed by atoms with van der Waals surface area (Å²) in [7, 11) is 0. The van der Waals surface area contributed by atoms with Gasteiger partial charge in [0, 0.05) is 6.54 Å². The standard InChI is InChI=1S/C22H22N4O3S/c1-14(2)11-26-21(29)15-7-3-4-8-16(15)24-22(26)30-13-20(28)25-12-19(27)23-17-9-5-6-10-18(17)25/h3-10,14H,11-13H2,1-2H3,(H,23,27). The number of hydrogen-bond acceptors (Lipinski definition) is 5. The molecule has 1 aromatic heterocycles. The molecule has 7 nitrogen and oxygen atoms in total. The van der Waals surface area contributed by atoms with Crippen molar-refractivity contribution in [3.8, 4) is 0 Å². The first-order chi connectivity index (χ1) is 14.4. The quantitative estimate of drug-likeness (QED) is 0.504. The molecule has 1 aliphatic heterocycles. The molecule has 0 saturated carbocycles. The molecule has 3 aromatic rings. The van der Waals surface area contributed by atoms with Gasteiger partial charge in [-0.15, -0.1) is 0 Å². The highest BCUT2D eigenvalue weighted by molar-refractivity contribution is 7.99. The Balaban J connectivity index is 1.63. The summed E-state index contributed by atoms with van der Waals surface area (Å²) in [5.41, 5.74) is 1.80. The van der Waals surface area contributed by atoms with E-state index in [0.29, 0.717) is 34.0 Å². The second-order valence-corrected chi connectivity index (χ2v) is 8.50. The van der Waals surface area contributed by atoms with Gasteiger partial charge in [0.1, 0.15) is 6.54 Å². The van der Waals surface area contributed by atoms with Crippen molar-refractivity contribution < 1.29 is 9.59 Å². The number of thioether (sulfide) groups is 1. The summed E-state index contributed by atoms with van der Waals surface area (Å²) in [6.45, 7) is 4.55. The van der Waals surface area contributed by atoms with Crippen molar-refractivity contribution in [3.63, 3.8) is 0 Å². The first-order valence-electron chi connectivity index (χ1n) is 9.75. The third kappa shape index (κ3) is 3.95. The minimum Gasteiger partial charge on any atom is -0.323 e. The van der Waals surface area contributed by atoms with Crippen LogP contribution in [0.2, 0.25) is 0 Å². The molecule has 1 aliphatic rings. The molecule has 0 fully saturated rings. The van der Waals surface area contributed by atoms with Crippen LogP contribution in [0.25, 0.3) is 10.9 Å². The Hall–Kier alpha value is -3.13. The maximum atomic E-state index is 13.0. The number of anilines is 2. The van der Waals surface area contributed by atoms with Crippen molar-refractivity contribution >= 4 is 45.9 Å². The second kappa shape index (κ2) is 8.31. The number of hydrogen-bond donors (Lipinski definition) is 1. The minimum absolute atomic E-state index is 0.0274. The molecule has 2 aromatic carbocycles. The zero-order valence-corrected chi connectivity index (χ0v) is 17.6. The number of carbonyl (C=O) groups is 2. The van der Waals surface area contributed by atoms with Gasteiger partial charge < -0.3 is 10.2 Å². The lowest BCUT2D eigenvalue weighted by atomic mass is 10.2. The molecule has 0 unspecified atom stereocenters. The van der Waals surface area contributed by atoms with Crippen LogP contribution in [0.4, 0.5) is 11.4 Å². The van der Waals surface area contributed by atoms with E-state index in [4.69, 9.17) is 0 Å². The van der Waals surface area contributed by atoms with E-state index in [2.05, 4.69) is 10.3 Å². The molecule has 0 bridgehead atoms. The normalized spacial score (nSPS) is 13.4. The van der Waals surface area contributed by atoms with Crippen molar-refractivity contribution in [2.75, 3.05) is 22.5 Å². The number of aromatic nitrogens is 2. The van der Waals surface area contributed by atoms with Crippen LogP contribution in [0.5, 0.6) is 0 Å². The number of amides is 2. The van der Waals surface area contributed by atoms with E-state index in [1.54, 1.807) is 28.8 Å². The summed E-state index contributed by atoms with van der Waals surface area (Å²) in [4.78, 5) is 44.1. The topological polar surface area (TPSA) is 84.3 Å². The Morgan fingerprint density at radius 1 is 1.13 bits per heavy atom. The summed E-state index contributed by atoms with van der Waals surface area (Å²) in [6, 6.07) is 14.4. The van der Waals surface area contributed by atoms with Gasteiger partial charge in [-0.25, -0.2) is 4.98 Å². The van der Waals surface area contributed by atoms with Crippen LogP contribution in [-0.4, -0.2) is 33.7 Å². The second-order valence-electron chi connectivity index (χ2n) is 7.56. The molecule has 4 rings (SSSR count). The fourth-order valence-corrected chi connectivity index (χ4v) is 4.33. The number of rotatable bonds is 5. The fraction of sp³-hybridized carbons (Fsp3) is 0.273. The molecule has 2 amide bonds. The lowest BCUT2D eigenvalue weighted by Crippen LogP contribution is -2.43. The number of benzene rings is 2. The number of nitrogens with one attached hydrogen (secondary N) is 1. The Bertz CT molecular complexity index is 1190. The lowest BCUT2D eigenvalue weighted by molar-refractivity contribution is -0.120. The largest absolute Gasteiger partial charge is 0.323 e. The molecule has 1 N–H and O–H groups in total. The average molecular weight is 423 g/mol. The van der Waals surface area contributed by atoms with Crippen LogP contribution in [0.1, 0.15) is 13.8 Å². The Kier molecular flexibility index (Phi) is 5.59. The van der Waals surface area contributed by atoms with Crippen molar-refractivity contribution in [1.29, 1.82) is 0 Å². The molecular formula is C22H22N4O3S. The zero-order chi connectivity index (χ0) is 21.3. The summed E-state index contributed by atoms with van der Waals surface area (Å²) < 4.78 is 1.64. The molecule has 0 atom stereocenters. The van der Waals surface area contributed by atoms with Crippen molar-refractivity contribution in [1.82, 2.24) is 9.55 Å². The van der Waals surface area contributed by atoms with E-state index in [9.17, 15) is 14.4 Å².